The van der Waals surface area contributed by atoms with E-state index in [-0.39, 0.29) is 0 Å². The highest BCUT2D eigenvalue weighted by molar-refractivity contribution is 4.70. The summed E-state index contributed by atoms with van der Waals surface area (Å²) < 4.78 is 0. The topological polar surface area (TPSA) is 15.3 Å². The summed E-state index contributed by atoms with van der Waals surface area (Å²) in [6.45, 7) is 6.99. The molecule has 1 saturated carbocycles. The highest BCUT2D eigenvalue weighted by Crippen LogP contribution is 2.17. The van der Waals surface area contributed by atoms with Gasteiger partial charge in [-0.2, -0.15) is 0 Å². The van der Waals surface area contributed by atoms with Crippen molar-refractivity contribution in [3.8, 4) is 0 Å². The van der Waals surface area contributed by atoms with Crippen molar-refractivity contribution < 1.29 is 0 Å². The van der Waals surface area contributed by atoms with Gasteiger partial charge < -0.3 is 10.2 Å². The Morgan fingerprint density at radius 3 is 2.29 bits per heavy atom. The van der Waals surface area contributed by atoms with Crippen LogP contribution in [-0.4, -0.2) is 37.1 Å². The maximum Gasteiger partial charge on any atom is 0.00670 e. The van der Waals surface area contributed by atoms with Gasteiger partial charge in [-0.1, -0.05) is 25.7 Å². The summed E-state index contributed by atoms with van der Waals surface area (Å²) >= 11 is 0. The first-order valence-electron chi connectivity index (χ1n) is 7.64. The van der Waals surface area contributed by atoms with Crippen LogP contribution in [0.3, 0.4) is 0 Å². The maximum atomic E-state index is 3.75. The lowest BCUT2D eigenvalue weighted by molar-refractivity contribution is 0.267. The summed E-state index contributed by atoms with van der Waals surface area (Å²) in [5.74, 6) is 0. The molecule has 2 heteroatoms. The predicted octanol–water partition coefficient (Wildman–Crippen LogP) is 3.42. The molecule has 0 aromatic carbocycles. The Hall–Kier alpha value is -0.0800. The first kappa shape index (κ1) is 15.0. The van der Waals surface area contributed by atoms with Crippen molar-refractivity contribution in [3.05, 3.63) is 0 Å². The predicted molar refractivity (Wildman–Crippen MR) is 76.5 cm³/mol. The Kier molecular flexibility index (Phi) is 7.87. The van der Waals surface area contributed by atoms with Gasteiger partial charge in [0.2, 0.25) is 0 Å². The minimum absolute atomic E-state index is 0.685. The second-order valence-corrected chi connectivity index (χ2v) is 5.92. The van der Waals surface area contributed by atoms with Crippen LogP contribution in [0, 0.1) is 0 Å². The third-order valence-electron chi connectivity index (χ3n) is 4.11. The molecule has 0 amide bonds. The molecule has 0 bridgehead atoms. The highest BCUT2D eigenvalue weighted by Gasteiger charge is 2.10. The minimum Gasteiger partial charge on any atom is -0.314 e. The van der Waals surface area contributed by atoms with Crippen LogP contribution in [0.4, 0.5) is 0 Å². The Morgan fingerprint density at radius 2 is 1.71 bits per heavy atom. The molecule has 2 nitrogen and oxygen atoms in total. The lowest BCUT2D eigenvalue weighted by Gasteiger charge is -2.21. The van der Waals surface area contributed by atoms with Crippen molar-refractivity contribution in [1.29, 1.82) is 0 Å². The molecule has 0 saturated heterocycles. The summed E-state index contributed by atoms with van der Waals surface area (Å²) in [6.07, 6.45) is 11.3. The van der Waals surface area contributed by atoms with Crippen molar-refractivity contribution >= 4 is 0 Å². The van der Waals surface area contributed by atoms with E-state index in [2.05, 4.69) is 31.1 Å². The third kappa shape index (κ3) is 7.05. The molecular formula is C15H32N2. The van der Waals surface area contributed by atoms with Gasteiger partial charge in [0.05, 0.1) is 0 Å². The van der Waals surface area contributed by atoms with Gasteiger partial charge in [-0.05, 0) is 59.7 Å². The number of hydrogen-bond donors (Lipinski definition) is 1. The zero-order chi connectivity index (χ0) is 12.5. The monoisotopic (exact) mass is 240 g/mol. The van der Waals surface area contributed by atoms with Gasteiger partial charge in [-0.15, -0.1) is 0 Å². The highest BCUT2D eigenvalue weighted by atomic mass is 15.1. The fourth-order valence-electron chi connectivity index (χ4n) is 2.53. The number of nitrogens with one attached hydrogen (secondary N) is 1. The molecule has 1 N–H and O–H groups in total. The van der Waals surface area contributed by atoms with Crippen LogP contribution in [0.1, 0.15) is 65.2 Å². The van der Waals surface area contributed by atoms with Gasteiger partial charge in [0.15, 0.2) is 0 Å². The van der Waals surface area contributed by atoms with Crippen molar-refractivity contribution in [2.45, 2.75) is 77.3 Å². The summed E-state index contributed by atoms with van der Waals surface area (Å²) in [5.41, 5.74) is 0. The average molecular weight is 240 g/mol. The van der Waals surface area contributed by atoms with Crippen LogP contribution < -0.4 is 5.32 Å². The summed E-state index contributed by atoms with van der Waals surface area (Å²) in [6, 6.07) is 1.50. The van der Waals surface area contributed by atoms with Crippen LogP contribution in [0.2, 0.25) is 0 Å². The van der Waals surface area contributed by atoms with Crippen LogP contribution in [-0.2, 0) is 0 Å². The van der Waals surface area contributed by atoms with Gasteiger partial charge >= 0.3 is 0 Å². The first-order chi connectivity index (χ1) is 8.20. The Balaban J connectivity index is 1.96. The summed E-state index contributed by atoms with van der Waals surface area (Å²) in [4.78, 5) is 2.44. The molecule has 17 heavy (non-hydrogen) atoms. The number of hydrogen-bond acceptors (Lipinski definition) is 2. The SMILES string of the molecule is CC(C)N(C)CCCCNC1CCCCCC1. The lowest BCUT2D eigenvalue weighted by atomic mass is 10.1. The van der Waals surface area contributed by atoms with Crippen molar-refractivity contribution in [1.82, 2.24) is 10.2 Å². The van der Waals surface area contributed by atoms with Gasteiger partial charge in [-0.25, -0.2) is 0 Å². The van der Waals surface area contributed by atoms with E-state index in [1.54, 1.807) is 0 Å². The van der Waals surface area contributed by atoms with Crippen LogP contribution in [0.15, 0.2) is 0 Å². The quantitative estimate of drug-likeness (QED) is 0.542. The molecule has 0 aromatic heterocycles. The molecule has 1 rings (SSSR count). The first-order valence-corrected chi connectivity index (χ1v) is 7.64. The average Bonchev–Trinajstić information content (AvgIpc) is 2.56. The lowest BCUT2D eigenvalue weighted by Crippen LogP contribution is -2.31. The van der Waals surface area contributed by atoms with Crippen molar-refractivity contribution in [3.63, 3.8) is 0 Å². The maximum absolute atomic E-state index is 3.75. The summed E-state index contributed by atoms with van der Waals surface area (Å²) in [5, 5.41) is 3.75. The molecule has 0 aliphatic heterocycles. The van der Waals surface area contributed by atoms with Gasteiger partial charge in [0, 0.05) is 12.1 Å². The fraction of sp³-hybridized carbons (Fsp3) is 1.00. The minimum atomic E-state index is 0.685. The molecule has 102 valence electrons. The van der Waals surface area contributed by atoms with Gasteiger partial charge in [-0.3, -0.25) is 0 Å². The third-order valence-corrected chi connectivity index (χ3v) is 4.11. The van der Waals surface area contributed by atoms with E-state index < -0.39 is 0 Å². The Labute approximate surface area is 108 Å². The van der Waals surface area contributed by atoms with Crippen LogP contribution in [0.5, 0.6) is 0 Å². The van der Waals surface area contributed by atoms with Crippen LogP contribution in [0.25, 0.3) is 0 Å². The van der Waals surface area contributed by atoms with E-state index in [0.717, 1.165) is 6.04 Å². The van der Waals surface area contributed by atoms with E-state index in [4.69, 9.17) is 0 Å². The second kappa shape index (κ2) is 8.93. The largest absolute Gasteiger partial charge is 0.314 e. The van der Waals surface area contributed by atoms with Crippen molar-refractivity contribution in [2.24, 2.45) is 0 Å². The van der Waals surface area contributed by atoms with E-state index in [0.29, 0.717) is 6.04 Å². The standard InChI is InChI=1S/C15H32N2/c1-14(2)17(3)13-9-8-12-16-15-10-6-4-5-7-11-15/h14-16H,4-13H2,1-3H3. The Morgan fingerprint density at radius 1 is 1.06 bits per heavy atom. The molecule has 0 aromatic rings. The zero-order valence-corrected chi connectivity index (χ0v) is 12.2. The van der Waals surface area contributed by atoms with Gasteiger partial charge in [0.25, 0.3) is 0 Å². The van der Waals surface area contributed by atoms with Crippen molar-refractivity contribution in [2.75, 3.05) is 20.1 Å². The molecule has 0 atom stereocenters. The molecule has 1 fully saturated rings. The Bertz CT molecular complexity index is 172. The number of rotatable bonds is 7. The number of nitrogens with zero attached hydrogens (tertiary/aromatic N) is 1. The van der Waals surface area contributed by atoms with E-state index in [9.17, 15) is 0 Å². The van der Waals surface area contributed by atoms with E-state index >= 15 is 0 Å². The molecule has 1 aliphatic rings. The second-order valence-electron chi connectivity index (χ2n) is 5.92. The molecule has 1 aliphatic carbocycles. The molecule has 0 radical (unpaired) electrons. The smallest absolute Gasteiger partial charge is 0.00670 e. The summed E-state index contributed by atoms with van der Waals surface area (Å²) in [7, 11) is 2.23. The molecule has 0 heterocycles. The zero-order valence-electron chi connectivity index (χ0n) is 12.2. The van der Waals surface area contributed by atoms with Crippen LogP contribution >= 0.6 is 0 Å². The normalized spacial score (nSPS) is 18.9. The fourth-order valence-corrected chi connectivity index (χ4v) is 2.53. The molecular weight excluding hydrogens is 208 g/mol. The molecule has 0 spiro atoms. The van der Waals surface area contributed by atoms with Gasteiger partial charge in [0.1, 0.15) is 0 Å². The number of unbranched alkanes of at least 4 members (excludes halogenated alkanes) is 1. The van der Waals surface area contributed by atoms with E-state index in [1.807, 2.05) is 0 Å². The van der Waals surface area contributed by atoms with E-state index in [1.165, 1.54) is 64.5 Å². The molecule has 0 unspecified atom stereocenters.